The van der Waals surface area contributed by atoms with Gasteiger partial charge < -0.3 is 10.8 Å². The Morgan fingerprint density at radius 1 is 1.67 bits per heavy atom. The maximum Gasteiger partial charge on any atom is 0.106 e. The van der Waals surface area contributed by atoms with Crippen molar-refractivity contribution >= 4 is 28.3 Å². The molecule has 0 saturated carbocycles. The molecule has 0 radical (unpaired) electrons. The van der Waals surface area contributed by atoms with Gasteiger partial charge in [0.25, 0.3) is 0 Å². The van der Waals surface area contributed by atoms with E-state index in [1.807, 2.05) is 0 Å². The molecular formula is C7H10BrClN2O. The van der Waals surface area contributed by atoms with Crippen LogP contribution in [-0.2, 0) is 0 Å². The lowest BCUT2D eigenvalue weighted by atomic mass is 10.1. The molecule has 0 bridgehead atoms. The Morgan fingerprint density at radius 2 is 2.33 bits per heavy atom. The Bertz CT molecular complexity index is 247. The monoisotopic (exact) mass is 252 g/mol. The highest BCUT2D eigenvalue weighted by Gasteiger charge is 2.03. The zero-order valence-electron chi connectivity index (χ0n) is 6.27. The third-order valence-corrected chi connectivity index (χ3v) is 1.81. The van der Waals surface area contributed by atoms with Crippen LogP contribution < -0.4 is 5.73 Å². The molecule has 0 amide bonds. The van der Waals surface area contributed by atoms with Crippen LogP contribution >= 0.6 is 28.3 Å². The highest BCUT2D eigenvalue weighted by Crippen LogP contribution is 2.13. The van der Waals surface area contributed by atoms with E-state index in [1.54, 1.807) is 18.3 Å². The fraction of sp³-hybridized carbons (Fsp3) is 0.286. The molecule has 68 valence electrons. The first-order chi connectivity index (χ1) is 5.24. The summed E-state index contributed by atoms with van der Waals surface area (Å²) >= 11 is 3.21. The third-order valence-electron chi connectivity index (χ3n) is 1.38. The quantitative estimate of drug-likeness (QED) is 0.780. The average molecular weight is 254 g/mol. The van der Waals surface area contributed by atoms with Crippen LogP contribution in [-0.4, -0.2) is 16.7 Å². The van der Waals surface area contributed by atoms with Gasteiger partial charge in [-0.1, -0.05) is 0 Å². The van der Waals surface area contributed by atoms with E-state index in [2.05, 4.69) is 20.9 Å². The summed E-state index contributed by atoms with van der Waals surface area (Å²) in [5.41, 5.74) is 6.45. The first kappa shape index (κ1) is 11.8. The topological polar surface area (TPSA) is 59.1 Å². The van der Waals surface area contributed by atoms with Crippen molar-refractivity contribution in [3.8, 4) is 0 Å². The van der Waals surface area contributed by atoms with Crippen molar-refractivity contribution in [2.45, 2.75) is 6.04 Å². The Balaban J connectivity index is 0.00000121. The largest absolute Gasteiger partial charge is 0.394 e. The van der Waals surface area contributed by atoms with Crippen molar-refractivity contribution in [2.75, 3.05) is 6.61 Å². The standard InChI is InChI=1S/C7H9BrN2O.ClH/c8-7-3-5(1-2-10-7)6(9)4-11;/h1-3,6,11H,4,9H2;1H/t6-;/m1./s1. The highest BCUT2D eigenvalue weighted by molar-refractivity contribution is 9.10. The number of nitrogens with zero attached hydrogens (tertiary/aromatic N) is 1. The van der Waals surface area contributed by atoms with Gasteiger partial charge in [0.1, 0.15) is 4.60 Å². The van der Waals surface area contributed by atoms with Crippen molar-refractivity contribution in [3.05, 3.63) is 28.5 Å². The van der Waals surface area contributed by atoms with Crippen LogP contribution in [0.1, 0.15) is 11.6 Å². The lowest BCUT2D eigenvalue weighted by Crippen LogP contribution is -2.14. The second-order valence-corrected chi connectivity index (χ2v) is 3.01. The number of hydrogen-bond donors (Lipinski definition) is 2. The fourth-order valence-corrected chi connectivity index (χ4v) is 1.14. The van der Waals surface area contributed by atoms with E-state index in [4.69, 9.17) is 10.8 Å². The maximum absolute atomic E-state index is 8.72. The predicted molar refractivity (Wildman–Crippen MR) is 53.2 cm³/mol. The number of hydrogen-bond acceptors (Lipinski definition) is 3. The van der Waals surface area contributed by atoms with Gasteiger partial charge in [0.2, 0.25) is 0 Å². The zero-order chi connectivity index (χ0) is 8.27. The van der Waals surface area contributed by atoms with Gasteiger partial charge in [-0.3, -0.25) is 0 Å². The summed E-state index contributed by atoms with van der Waals surface area (Å²) in [5.74, 6) is 0. The van der Waals surface area contributed by atoms with Crippen molar-refractivity contribution in [2.24, 2.45) is 5.73 Å². The van der Waals surface area contributed by atoms with Crippen LogP contribution in [0.3, 0.4) is 0 Å². The van der Waals surface area contributed by atoms with E-state index in [9.17, 15) is 0 Å². The molecule has 0 spiro atoms. The second-order valence-electron chi connectivity index (χ2n) is 2.20. The van der Waals surface area contributed by atoms with Gasteiger partial charge in [-0.2, -0.15) is 0 Å². The van der Waals surface area contributed by atoms with E-state index in [0.29, 0.717) is 0 Å². The Labute approximate surface area is 85.5 Å². The van der Waals surface area contributed by atoms with Gasteiger partial charge in [0.05, 0.1) is 12.6 Å². The molecule has 5 heteroatoms. The molecule has 0 unspecified atom stereocenters. The van der Waals surface area contributed by atoms with Crippen molar-refractivity contribution in [3.63, 3.8) is 0 Å². The van der Waals surface area contributed by atoms with E-state index in [0.717, 1.165) is 10.2 Å². The number of nitrogens with two attached hydrogens (primary N) is 1. The minimum Gasteiger partial charge on any atom is -0.394 e. The number of aromatic nitrogens is 1. The molecule has 1 atom stereocenters. The van der Waals surface area contributed by atoms with Gasteiger partial charge in [0, 0.05) is 6.20 Å². The smallest absolute Gasteiger partial charge is 0.106 e. The fourth-order valence-electron chi connectivity index (χ4n) is 0.753. The van der Waals surface area contributed by atoms with Crippen LogP contribution in [0.2, 0.25) is 0 Å². The van der Waals surface area contributed by atoms with Crippen LogP contribution in [0.5, 0.6) is 0 Å². The molecule has 12 heavy (non-hydrogen) atoms. The molecule has 3 N–H and O–H groups in total. The van der Waals surface area contributed by atoms with Gasteiger partial charge in [-0.25, -0.2) is 4.98 Å². The molecule has 0 aliphatic rings. The molecule has 0 fully saturated rings. The van der Waals surface area contributed by atoms with E-state index >= 15 is 0 Å². The number of pyridine rings is 1. The molecule has 1 aromatic heterocycles. The molecule has 0 saturated heterocycles. The maximum atomic E-state index is 8.72. The third kappa shape index (κ3) is 3.06. The van der Waals surface area contributed by atoms with Crippen molar-refractivity contribution in [1.29, 1.82) is 0 Å². The lowest BCUT2D eigenvalue weighted by Gasteiger charge is -2.07. The van der Waals surface area contributed by atoms with E-state index in [1.165, 1.54) is 0 Å². The number of aliphatic hydroxyl groups is 1. The summed E-state index contributed by atoms with van der Waals surface area (Å²) in [6.45, 7) is -0.0452. The Kier molecular flexibility index (Phi) is 5.41. The molecule has 1 heterocycles. The zero-order valence-corrected chi connectivity index (χ0v) is 8.68. The number of rotatable bonds is 2. The molecule has 0 aliphatic heterocycles. The molecular weight excluding hydrogens is 243 g/mol. The normalized spacial score (nSPS) is 11.9. The van der Waals surface area contributed by atoms with Crippen LogP contribution in [0, 0.1) is 0 Å². The summed E-state index contributed by atoms with van der Waals surface area (Å²) in [6.07, 6.45) is 1.65. The van der Waals surface area contributed by atoms with E-state index in [-0.39, 0.29) is 25.1 Å². The van der Waals surface area contributed by atoms with E-state index < -0.39 is 0 Å². The summed E-state index contributed by atoms with van der Waals surface area (Å²) in [4.78, 5) is 3.94. The molecule has 3 nitrogen and oxygen atoms in total. The number of halogens is 2. The summed E-state index contributed by atoms with van der Waals surface area (Å²) in [7, 11) is 0. The van der Waals surface area contributed by atoms with Gasteiger partial charge in [-0.05, 0) is 33.6 Å². The van der Waals surface area contributed by atoms with Crippen LogP contribution in [0.15, 0.2) is 22.9 Å². The molecule has 1 aromatic rings. The van der Waals surface area contributed by atoms with Gasteiger partial charge in [-0.15, -0.1) is 12.4 Å². The Hall–Kier alpha value is -0.160. The van der Waals surface area contributed by atoms with Crippen LogP contribution in [0.25, 0.3) is 0 Å². The lowest BCUT2D eigenvalue weighted by molar-refractivity contribution is 0.268. The predicted octanol–water partition coefficient (Wildman–Crippen LogP) is 1.26. The molecule has 0 aliphatic carbocycles. The molecule has 0 aromatic carbocycles. The Morgan fingerprint density at radius 3 is 2.83 bits per heavy atom. The first-order valence-corrected chi connectivity index (χ1v) is 4.01. The summed E-state index contributed by atoms with van der Waals surface area (Å²) < 4.78 is 0.735. The minimum absolute atomic E-state index is 0. The number of aliphatic hydroxyl groups excluding tert-OH is 1. The SMILES string of the molecule is Cl.N[C@H](CO)c1ccnc(Br)c1. The second kappa shape index (κ2) is 5.48. The van der Waals surface area contributed by atoms with Gasteiger partial charge >= 0.3 is 0 Å². The summed E-state index contributed by atoms with van der Waals surface area (Å²) in [5, 5.41) is 8.72. The average Bonchev–Trinajstić information content (AvgIpc) is 2.03. The molecule has 1 rings (SSSR count). The highest BCUT2D eigenvalue weighted by atomic mass is 79.9. The first-order valence-electron chi connectivity index (χ1n) is 3.22. The minimum atomic E-state index is -0.311. The summed E-state index contributed by atoms with van der Waals surface area (Å²) in [6, 6.07) is 3.27. The van der Waals surface area contributed by atoms with Crippen molar-refractivity contribution < 1.29 is 5.11 Å². The van der Waals surface area contributed by atoms with Crippen LogP contribution in [0.4, 0.5) is 0 Å². The van der Waals surface area contributed by atoms with Crippen molar-refractivity contribution in [1.82, 2.24) is 4.98 Å². The van der Waals surface area contributed by atoms with Gasteiger partial charge in [0.15, 0.2) is 0 Å².